The van der Waals surface area contributed by atoms with Crippen molar-refractivity contribution in [2.75, 3.05) is 31.5 Å². The summed E-state index contributed by atoms with van der Waals surface area (Å²) in [6, 6.07) is 7.50. The van der Waals surface area contributed by atoms with Crippen molar-refractivity contribution in [3.8, 4) is 0 Å². The fourth-order valence-electron chi connectivity index (χ4n) is 3.94. The number of nitro benzene ring substituents is 1. The Kier molecular flexibility index (Phi) is 9.00. The highest BCUT2D eigenvalue weighted by Gasteiger charge is 2.34. The van der Waals surface area contributed by atoms with E-state index in [0.717, 1.165) is 19.6 Å². The maximum atomic E-state index is 12.4. The first-order valence-electron chi connectivity index (χ1n) is 11.4. The Balaban J connectivity index is 0.000000414. The van der Waals surface area contributed by atoms with Crippen LogP contribution in [-0.4, -0.2) is 75.0 Å². The molecule has 0 aliphatic carbocycles. The van der Waals surface area contributed by atoms with Crippen LogP contribution in [0.3, 0.4) is 0 Å². The van der Waals surface area contributed by atoms with Gasteiger partial charge in [0.25, 0.3) is 11.6 Å². The van der Waals surface area contributed by atoms with E-state index in [1.807, 2.05) is 0 Å². The van der Waals surface area contributed by atoms with Crippen molar-refractivity contribution in [3.63, 3.8) is 0 Å². The van der Waals surface area contributed by atoms with Crippen molar-refractivity contribution in [2.45, 2.75) is 18.8 Å². The number of fused-ring (bicyclic) bond motifs is 1. The summed E-state index contributed by atoms with van der Waals surface area (Å²) in [5.41, 5.74) is 1.82. The SMILES string of the molecule is O=C(NCCN1CCCC1)c1ccc(C2C(=O)Nc3ccc([N+](=O)[O-])cc32)nc1.O=C(O)/C=C/C(=O)O. The Labute approximate surface area is 211 Å². The number of carboxylic acid groups (broad SMARTS) is 2. The number of hydrogen-bond donors (Lipinski definition) is 4. The number of aliphatic carboxylic acids is 2. The van der Waals surface area contributed by atoms with E-state index in [4.69, 9.17) is 10.2 Å². The molecule has 0 bridgehead atoms. The van der Waals surface area contributed by atoms with Crippen LogP contribution >= 0.6 is 0 Å². The molecule has 4 N–H and O–H groups in total. The van der Waals surface area contributed by atoms with Gasteiger partial charge in [0, 0.05) is 54.8 Å². The first kappa shape index (κ1) is 26.9. The van der Waals surface area contributed by atoms with Gasteiger partial charge in [-0.25, -0.2) is 9.59 Å². The molecule has 2 aliphatic heterocycles. The summed E-state index contributed by atoms with van der Waals surface area (Å²) in [5.74, 6) is -3.76. The van der Waals surface area contributed by atoms with Gasteiger partial charge in [-0.05, 0) is 44.1 Å². The smallest absolute Gasteiger partial charge is 0.328 e. The van der Waals surface area contributed by atoms with E-state index in [1.165, 1.54) is 37.2 Å². The number of rotatable bonds is 8. The molecular formula is C24H25N5O8. The number of carbonyl (C=O) groups excluding carboxylic acids is 2. The average Bonchev–Trinajstić information content (AvgIpc) is 3.49. The van der Waals surface area contributed by atoms with E-state index >= 15 is 0 Å². The van der Waals surface area contributed by atoms with Gasteiger partial charge in [-0.15, -0.1) is 0 Å². The number of non-ortho nitro benzene ring substituents is 1. The summed E-state index contributed by atoms with van der Waals surface area (Å²) in [6.45, 7) is 3.56. The Morgan fingerprint density at radius 3 is 2.38 bits per heavy atom. The van der Waals surface area contributed by atoms with E-state index in [-0.39, 0.29) is 17.5 Å². The third kappa shape index (κ3) is 7.41. The molecule has 1 aromatic carbocycles. The molecule has 13 nitrogen and oxygen atoms in total. The van der Waals surface area contributed by atoms with Crippen molar-refractivity contribution in [2.24, 2.45) is 0 Å². The molecule has 1 aromatic heterocycles. The van der Waals surface area contributed by atoms with Gasteiger partial charge in [-0.2, -0.15) is 0 Å². The summed E-state index contributed by atoms with van der Waals surface area (Å²) < 4.78 is 0. The number of carbonyl (C=O) groups is 4. The standard InChI is InChI=1S/C20H21N5O4.C4H4O4/c26-19(21-7-10-24-8-1-2-9-24)13-3-5-17(22-12-13)18-15-11-14(25(28)29)4-6-16(15)23-20(18)27;5-3(6)1-2-4(7)8/h3-6,11-12,18H,1-2,7-10H2,(H,21,26)(H,23,27);1-2H,(H,5,6)(H,7,8)/b;2-1+. The average molecular weight is 511 g/mol. The van der Waals surface area contributed by atoms with Gasteiger partial charge in [0.15, 0.2) is 0 Å². The molecule has 13 heteroatoms. The molecule has 194 valence electrons. The van der Waals surface area contributed by atoms with E-state index in [9.17, 15) is 29.3 Å². The number of nitrogens with zero attached hydrogens (tertiary/aromatic N) is 3. The highest BCUT2D eigenvalue weighted by molar-refractivity contribution is 6.05. The summed E-state index contributed by atoms with van der Waals surface area (Å²) in [4.78, 5) is 61.0. The number of likely N-dealkylation sites (tertiary alicyclic amines) is 1. The Bertz CT molecular complexity index is 1210. The van der Waals surface area contributed by atoms with E-state index in [1.54, 1.807) is 12.1 Å². The third-order valence-electron chi connectivity index (χ3n) is 5.70. The minimum absolute atomic E-state index is 0.0840. The number of benzene rings is 1. The minimum Gasteiger partial charge on any atom is -0.478 e. The molecule has 1 fully saturated rings. The molecule has 1 unspecified atom stereocenters. The maximum absolute atomic E-state index is 12.4. The topological polar surface area (TPSA) is 192 Å². The molecule has 1 atom stereocenters. The van der Waals surface area contributed by atoms with Crippen molar-refractivity contribution in [1.82, 2.24) is 15.2 Å². The van der Waals surface area contributed by atoms with Gasteiger partial charge < -0.3 is 25.7 Å². The first-order chi connectivity index (χ1) is 17.7. The lowest BCUT2D eigenvalue weighted by Gasteiger charge is -2.14. The number of carboxylic acids is 2. The summed E-state index contributed by atoms with van der Waals surface area (Å²) in [6.07, 6.45) is 4.97. The molecule has 37 heavy (non-hydrogen) atoms. The normalized spacial score (nSPS) is 16.4. The van der Waals surface area contributed by atoms with Gasteiger partial charge in [0.1, 0.15) is 5.92 Å². The van der Waals surface area contributed by atoms with Crippen molar-refractivity contribution >= 4 is 35.1 Å². The van der Waals surface area contributed by atoms with Crippen LogP contribution in [0.4, 0.5) is 11.4 Å². The fraction of sp³-hybridized carbons (Fsp3) is 0.292. The zero-order chi connectivity index (χ0) is 26.9. The van der Waals surface area contributed by atoms with Crippen LogP contribution in [0.2, 0.25) is 0 Å². The summed E-state index contributed by atoms with van der Waals surface area (Å²) in [5, 5.41) is 32.3. The molecule has 2 aliphatic rings. The van der Waals surface area contributed by atoms with Gasteiger partial charge in [-0.1, -0.05) is 0 Å². The van der Waals surface area contributed by atoms with Gasteiger partial charge in [0.2, 0.25) is 5.91 Å². The largest absolute Gasteiger partial charge is 0.478 e. The second kappa shape index (κ2) is 12.4. The number of nitro groups is 1. The van der Waals surface area contributed by atoms with Gasteiger partial charge >= 0.3 is 11.9 Å². The molecular weight excluding hydrogens is 486 g/mol. The third-order valence-corrected chi connectivity index (χ3v) is 5.70. The predicted octanol–water partition coefficient (Wildman–Crippen LogP) is 1.61. The van der Waals surface area contributed by atoms with Crippen LogP contribution in [0.25, 0.3) is 0 Å². The van der Waals surface area contributed by atoms with E-state index in [2.05, 4.69) is 20.5 Å². The fourth-order valence-corrected chi connectivity index (χ4v) is 3.94. The first-order valence-corrected chi connectivity index (χ1v) is 11.4. The predicted molar refractivity (Wildman–Crippen MR) is 130 cm³/mol. The highest BCUT2D eigenvalue weighted by Crippen LogP contribution is 2.38. The number of aromatic nitrogens is 1. The minimum atomic E-state index is -1.26. The van der Waals surface area contributed by atoms with Crippen molar-refractivity contribution < 1.29 is 34.3 Å². The van der Waals surface area contributed by atoms with Gasteiger partial charge in [0.05, 0.1) is 16.2 Å². The molecule has 0 saturated carbocycles. The zero-order valence-electron chi connectivity index (χ0n) is 19.6. The molecule has 2 aromatic rings. The van der Waals surface area contributed by atoms with Crippen LogP contribution in [0.5, 0.6) is 0 Å². The second-order valence-electron chi connectivity index (χ2n) is 8.24. The lowest BCUT2D eigenvalue weighted by atomic mass is 9.96. The summed E-state index contributed by atoms with van der Waals surface area (Å²) in [7, 11) is 0. The molecule has 1 saturated heterocycles. The van der Waals surface area contributed by atoms with Crippen LogP contribution in [-0.2, 0) is 14.4 Å². The van der Waals surface area contributed by atoms with Crippen LogP contribution < -0.4 is 10.6 Å². The number of nitrogens with one attached hydrogen (secondary N) is 2. The molecule has 0 radical (unpaired) electrons. The summed E-state index contributed by atoms with van der Waals surface area (Å²) >= 11 is 0. The van der Waals surface area contributed by atoms with Crippen LogP contribution in [0.1, 0.15) is 40.4 Å². The number of hydrogen-bond acceptors (Lipinski definition) is 8. The van der Waals surface area contributed by atoms with Crippen molar-refractivity contribution in [1.29, 1.82) is 0 Å². The Hall–Kier alpha value is -4.65. The van der Waals surface area contributed by atoms with Crippen molar-refractivity contribution in [3.05, 3.63) is 75.6 Å². The number of amides is 2. The number of pyridine rings is 1. The lowest BCUT2D eigenvalue weighted by Crippen LogP contribution is -2.33. The lowest BCUT2D eigenvalue weighted by molar-refractivity contribution is -0.384. The molecule has 0 spiro atoms. The van der Waals surface area contributed by atoms with E-state index < -0.39 is 22.8 Å². The monoisotopic (exact) mass is 511 g/mol. The zero-order valence-corrected chi connectivity index (χ0v) is 19.6. The van der Waals surface area contributed by atoms with E-state index in [0.29, 0.717) is 41.2 Å². The van der Waals surface area contributed by atoms with Crippen LogP contribution in [0, 0.1) is 10.1 Å². The second-order valence-corrected chi connectivity index (χ2v) is 8.24. The molecule has 4 rings (SSSR count). The maximum Gasteiger partial charge on any atom is 0.328 e. The highest BCUT2D eigenvalue weighted by atomic mass is 16.6. The Morgan fingerprint density at radius 2 is 1.81 bits per heavy atom. The number of anilines is 1. The van der Waals surface area contributed by atoms with Crippen LogP contribution in [0.15, 0.2) is 48.7 Å². The quantitative estimate of drug-likeness (QED) is 0.230. The van der Waals surface area contributed by atoms with Gasteiger partial charge in [-0.3, -0.25) is 24.7 Å². The molecule has 3 heterocycles. The molecule has 2 amide bonds. The Morgan fingerprint density at radius 1 is 1.14 bits per heavy atom.